The van der Waals surface area contributed by atoms with Crippen LogP contribution in [-0.2, 0) is 0 Å². The molecule has 120 valence electrons. The number of rotatable bonds is 5. The van der Waals surface area contributed by atoms with Crippen LogP contribution in [-0.4, -0.2) is 31.6 Å². The van der Waals surface area contributed by atoms with E-state index in [9.17, 15) is 0 Å². The number of nitrogens with one attached hydrogen (secondary N) is 1. The first-order valence-electron chi connectivity index (χ1n) is 7.32. The van der Waals surface area contributed by atoms with E-state index in [0.29, 0.717) is 11.5 Å². The molecule has 0 heterocycles. The molecule has 0 unspecified atom stereocenters. The molecule has 0 saturated carbocycles. The molecular weight excluding hydrogens is 308 g/mol. The summed E-state index contributed by atoms with van der Waals surface area (Å²) in [4.78, 5) is 5.12. The number of amidine groups is 1. The van der Waals surface area contributed by atoms with Gasteiger partial charge in [0.05, 0.1) is 14.2 Å². The Bertz CT molecular complexity index is 679. The van der Waals surface area contributed by atoms with Crippen LogP contribution in [0, 0.1) is 0 Å². The summed E-state index contributed by atoms with van der Waals surface area (Å²) in [6.45, 7) is 2.65. The van der Waals surface area contributed by atoms with E-state index < -0.39 is 0 Å². The minimum Gasteiger partial charge on any atom is -0.497 e. The van der Waals surface area contributed by atoms with Crippen LogP contribution in [0.15, 0.2) is 53.5 Å². The van der Waals surface area contributed by atoms with Crippen molar-refractivity contribution in [3.05, 3.63) is 59.7 Å². The summed E-state index contributed by atoms with van der Waals surface area (Å²) in [5.41, 5.74) is 1.88. The van der Waals surface area contributed by atoms with E-state index in [0.717, 1.165) is 28.5 Å². The van der Waals surface area contributed by atoms with E-state index in [1.54, 1.807) is 14.2 Å². The minimum absolute atomic E-state index is 0.621. The van der Waals surface area contributed by atoms with Gasteiger partial charge >= 0.3 is 0 Å². The molecule has 0 spiro atoms. The zero-order chi connectivity index (χ0) is 16.7. The number of methoxy groups -OCH3 is 2. The fourth-order valence-corrected chi connectivity index (χ4v) is 2.26. The van der Waals surface area contributed by atoms with Gasteiger partial charge < -0.3 is 14.8 Å². The first-order valence-corrected chi connectivity index (χ1v) is 7.73. The highest BCUT2D eigenvalue weighted by Gasteiger charge is 2.08. The van der Waals surface area contributed by atoms with Crippen LogP contribution in [0.2, 0.25) is 0 Å². The molecule has 23 heavy (non-hydrogen) atoms. The van der Waals surface area contributed by atoms with Crippen LogP contribution < -0.4 is 14.8 Å². The average molecular weight is 328 g/mol. The van der Waals surface area contributed by atoms with Crippen LogP contribution in [0.4, 0.5) is 0 Å². The molecule has 2 aromatic carbocycles. The van der Waals surface area contributed by atoms with Crippen molar-refractivity contribution in [3.63, 3.8) is 0 Å². The molecule has 5 heteroatoms. The Kier molecular flexibility index (Phi) is 6.11. The third-order valence-electron chi connectivity index (χ3n) is 3.26. The van der Waals surface area contributed by atoms with E-state index in [1.165, 1.54) is 0 Å². The molecule has 2 rings (SSSR count). The Hall–Kier alpha value is -2.40. The smallest absolute Gasteiger partial charge is 0.133 e. The SMILES string of the molecule is CCN=C(NC(=S)c1ccc(OC)cc1)c1ccc(OC)cc1. The van der Waals surface area contributed by atoms with Gasteiger partial charge in [0.15, 0.2) is 0 Å². The maximum Gasteiger partial charge on any atom is 0.133 e. The molecule has 4 nitrogen and oxygen atoms in total. The minimum atomic E-state index is 0.621. The number of nitrogens with zero attached hydrogens (tertiary/aromatic N) is 1. The first-order chi connectivity index (χ1) is 11.2. The van der Waals surface area contributed by atoms with Crippen molar-refractivity contribution in [1.29, 1.82) is 0 Å². The topological polar surface area (TPSA) is 42.9 Å². The summed E-state index contributed by atoms with van der Waals surface area (Å²) in [5.74, 6) is 2.35. The van der Waals surface area contributed by atoms with Gasteiger partial charge in [-0.25, -0.2) is 0 Å². The Morgan fingerprint density at radius 3 is 1.83 bits per heavy atom. The van der Waals surface area contributed by atoms with Crippen LogP contribution in [0.3, 0.4) is 0 Å². The lowest BCUT2D eigenvalue weighted by Gasteiger charge is -2.12. The first kappa shape index (κ1) is 17.0. The predicted octanol–water partition coefficient (Wildman–Crippen LogP) is 3.44. The standard InChI is InChI=1S/C18H20N2O2S/c1-4-19-17(13-5-9-15(21-2)10-6-13)20-18(23)14-7-11-16(22-3)12-8-14/h5-12H,4H2,1-3H3,(H,19,20,23). The van der Waals surface area contributed by atoms with E-state index in [4.69, 9.17) is 21.7 Å². The third-order valence-corrected chi connectivity index (χ3v) is 3.60. The molecule has 1 N–H and O–H groups in total. The van der Waals surface area contributed by atoms with Gasteiger partial charge in [-0.15, -0.1) is 0 Å². The van der Waals surface area contributed by atoms with Gasteiger partial charge in [-0.05, 0) is 55.5 Å². The fraction of sp³-hybridized carbons (Fsp3) is 0.222. The Labute approximate surface area is 142 Å². The predicted molar refractivity (Wildman–Crippen MR) is 97.9 cm³/mol. The lowest BCUT2D eigenvalue weighted by atomic mass is 10.1. The normalized spacial score (nSPS) is 11.0. The second-order valence-corrected chi connectivity index (χ2v) is 5.14. The third kappa shape index (κ3) is 4.53. The molecule has 0 aliphatic heterocycles. The fourth-order valence-electron chi connectivity index (χ4n) is 2.03. The van der Waals surface area contributed by atoms with Crippen molar-refractivity contribution in [1.82, 2.24) is 5.32 Å². The van der Waals surface area contributed by atoms with Gasteiger partial charge in [-0.2, -0.15) is 0 Å². The Morgan fingerprint density at radius 1 is 0.913 bits per heavy atom. The molecule has 0 aliphatic carbocycles. The molecule has 0 atom stereocenters. The van der Waals surface area contributed by atoms with Gasteiger partial charge in [0, 0.05) is 17.7 Å². The quantitative estimate of drug-likeness (QED) is 0.519. The molecule has 0 amide bonds. The molecule has 0 aliphatic rings. The summed E-state index contributed by atoms with van der Waals surface area (Å²) in [5, 5.41) is 3.23. The van der Waals surface area contributed by atoms with Crippen molar-refractivity contribution < 1.29 is 9.47 Å². The van der Waals surface area contributed by atoms with E-state index in [-0.39, 0.29) is 0 Å². The second kappa shape index (κ2) is 8.29. The monoisotopic (exact) mass is 328 g/mol. The van der Waals surface area contributed by atoms with Gasteiger partial charge in [0.25, 0.3) is 0 Å². The van der Waals surface area contributed by atoms with E-state index in [1.807, 2.05) is 55.5 Å². The van der Waals surface area contributed by atoms with Crippen LogP contribution in [0.25, 0.3) is 0 Å². The van der Waals surface area contributed by atoms with Crippen molar-refractivity contribution in [2.45, 2.75) is 6.92 Å². The zero-order valence-electron chi connectivity index (χ0n) is 13.5. The van der Waals surface area contributed by atoms with Gasteiger partial charge in [0.2, 0.25) is 0 Å². The zero-order valence-corrected chi connectivity index (χ0v) is 14.3. The highest BCUT2D eigenvalue weighted by atomic mass is 32.1. The van der Waals surface area contributed by atoms with Crippen LogP contribution in [0.1, 0.15) is 18.1 Å². The summed E-state index contributed by atoms with van der Waals surface area (Å²) < 4.78 is 10.3. The maximum atomic E-state index is 5.48. The average Bonchev–Trinajstić information content (AvgIpc) is 2.61. The van der Waals surface area contributed by atoms with Gasteiger partial charge in [-0.3, -0.25) is 4.99 Å². The Balaban J connectivity index is 2.17. The number of hydrogen-bond donors (Lipinski definition) is 1. The number of ether oxygens (including phenoxy) is 2. The largest absolute Gasteiger partial charge is 0.497 e. The highest BCUT2D eigenvalue weighted by molar-refractivity contribution is 7.80. The van der Waals surface area contributed by atoms with Crippen molar-refractivity contribution in [2.75, 3.05) is 20.8 Å². The van der Waals surface area contributed by atoms with Crippen molar-refractivity contribution >= 4 is 23.0 Å². The van der Waals surface area contributed by atoms with Gasteiger partial charge in [-0.1, -0.05) is 12.2 Å². The number of hydrogen-bond acceptors (Lipinski definition) is 4. The van der Waals surface area contributed by atoms with Crippen LogP contribution >= 0.6 is 12.2 Å². The summed E-state index contributed by atoms with van der Waals surface area (Å²) in [6.07, 6.45) is 0. The second-order valence-electron chi connectivity index (χ2n) is 4.73. The number of thiocarbonyl (C=S) groups is 1. The van der Waals surface area contributed by atoms with Crippen LogP contribution in [0.5, 0.6) is 11.5 Å². The molecule has 0 fully saturated rings. The molecule has 0 saturated heterocycles. The Morgan fingerprint density at radius 2 is 1.39 bits per heavy atom. The maximum absolute atomic E-state index is 5.48. The van der Waals surface area contributed by atoms with E-state index >= 15 is 0 Å². The van der Waals surface area contributed by atoms with Gasteiger partial charge in [0.1, 0.15) is 22.3 Å². The molecular formula is C18H20N2O2S. The molecule has 0 aromatic heterocycles. The number of benzene rings is 2. The molecule has 0 radical (unpaired) electrons. The van der Waals surface area contributed by atoms with Crippen molar-refractivity contribution in [3.8, 4) is 11.5 Å². The lowest BCUT2D eigenvalue weighted by Crippen LogP contribution is -2.30. The lowest BCUT2D eigenvalue weighted by molar-refractivity contribution is 0.414. The highest BCUT2D eigenvalue weighted by Crippen LogP contribution is 2.14. The summed E-state index contributed by atoms with van der Waals surface area (Å²) in [7, 11) is 3.29. The van der Waals surface area contributed by atoms with Crippen molar-refractivity contribution in [2.24, 2.45) is 4.99 Å². The number of aliphatic imine (C=N–C) groups is 1. The summed E-state index contributed by atoms with van der Waals surface area (Å²) >= 11 is 5.48. The molecule has 2 aromatic rings. The summed E-state index contributed by atoms with van der Waals surface area (Å²) in [6, 6.07) is 15.3. The molecule has 0 bridgehead atoms. The van der Waals surface area contributed by atoms with E-state index in [2.05, 4.69) is 10.3 Å².